The molecule has 2 N–H and O–H groups in total. The van der Waals surface area contributed by atoms with Crippen molar-refractivity contribution in [1.29, 1.82) is 0 Å². The van der Waals surface area contributed by atoms with Crippen molar-refractivity contribution in [2.24, 2.45) is 5.92 Å². The van der Waals surface area contributed by atoms with Gasteiger partial charge in [-0.25, -0.2) is 4.79 Å². The molecule has 1 aromatic rings. The summed E-state index contributed by atoms with van der Waals surface area (Å²) in [6.07, 6.45) is 0.186. The zero-order chi connectivity index (χ0) is 20.4. The molecule has 8 heteroatoms. The average molecular weight is 378 g/mol. The van der Waals surface area contributed by atoms with Crippen molar-refractivity contribution in [2.75, 3.05) is 14.2 Å². The maximum absolute atomic E-state index is 12.7. The normalized spacial score (nSPS) is 13.6. The molecule has 0 unspecified atom stereocenters. The molecule has 0 spiro atoms. The average Bonchev–Trinajstić information content (AvgIpc) is 2.64. The summed E-state index contributed by atoms with van der Waals surface area (Å²) in [7, 11) is 2.44. The van der Waals surface area contributed by atoms with Gasteiger partial charge >= 0.3 is 11.9 Å². The Bertz CT molecular complexity index is 661. The van der Waals surface area contributed by atoms with E-state index in [0.717, 1.165) is 5.56 Å². The molecular weight excluding hydrogens is 352 g/mol. The van der Waals surface area contributed by atoms with E-state index in [1.165, 1.54) is 21.1 Å². The van der Waals surface area contributed by atoms with Gasteiger partial charge in [-0.15, -0.1) is 0 Å². The lowest BCUT2D eigenvalue weighted by Crippen LogP contribution is -2.54. The molecule has 0 radical (unpaired) electrons. The molecule has 0 heterocycles. The van der Waals surface area contributed by atoms with Gasteiger partial charge in [0.05, 0.1) is 20.6 Å². The molecule has 0 saturated heterocycles. The Morgan fingerprint density at radius 2 is 1.63 bits per heavy atom. The first-order chi connectivity index (χ1) is 12.8. The fourth-order valence-electron chi connectivity index (χ4n) is 2.58. The molecule has 1 rings (SSSR count). The van der Waals surface area contributed by atoms with Crippen LogP contribution in [0.3, 0.4) is 0 Å². The van der Waals surface area contributed by atoms with E-state index < -0.39 is 35.8 Å². The van der Waals surface area contributed by atoms with Crippen LogP contribution in [0.2, 0.25) is 0 Å². The van der Waals surface area contributed by atoms with E-state index in [9.17, 15) is 19.2 Å². The van der Waals surface area contributed by atoms with Crippen LogP contribution in [0.25, 0.3) is 0 Å². The molecule has 0 aliphatic heterocycles. The minimum atomic E-state index is -1.05. The van der Waals surface area contributed by atoms with E-state index >= 15 is 0 Å². The zero-order valence-corrected chi connectivity index (χ0v) is 16.0. The molecule has 0 saturated carbocycles. The first-order valence-electron chi connectivity index (χ1n) is 8.54. The lowest BCUT2D eigenvalue weighted by Gasteiger charge is -2.25. The monoisotopic (exact) mass is 378 g/mol. The van der Waals surface area contributed by atoms with Crippen molar-refractivity contribution >= 4 is 23.8 Å². The maximum Gasteiger partial charge on any atom is 0.328 e. The van der Waals surface area contributed by atoms with Gasteiger partial charge < -0.3 is 20.1 Å². The quantitative estimate of drug-likeness (QED) is 0.609. The lowest BCUT2D eigenvalue weighted by molar-refractivity contribution is -0.148. The number of ether oxygens (including phenoxy) is 2. The second kappa shape index (κ2) is 10.9. The Morgan fingerprint density at radius 1 is 1.00 bits per heavy atom. The number of nitrogens with one attached hydrogen (secondary N) is 2. The number of carbonyl (C=O) groups excluding carboxylic acids is 4. The minimum absolute atomic E-state index is 0.0694. The summed E-state index contributed by atoms with van der Waals surface area (Å²) in [4.78, 5) is 47.8. The third kappa shape index (κ3) is 7.47. The highest BCUT2D eigenvalue weighted by Crippen LogP contribution is 2.12. The maximum atomic E-state index is 12.7. The molecule has 0 aromatic heterocycles. The number of amides is 2. The molecule has 3 atom stereocenters. The molecule has 2 amide bonds. The Kier molecular flexibility index (Phi) is 8.98. The van der Waals surface area contributed by atoms with Crippen LogP contribution >= 0.6 is 0 Å². The fraction of sp³-hybridized carbons (Fsp3) is 0.474. The van der Waals surface area contributed by atoms with Crippen LogP contribution in [-0.2, 0) is 35.1 Å². The van der Waals surface area contributed by atoms with Gasteiger partial charge in [0.2, 0.25) is 11.8 Å². The molecule has 1 aromatic carbocycles. The Labute approximate surface area is 158 Å². The lowest BCUT2D eigenvalue weighted by atomic mass is 9.97. The number of rotatable bonds is 9. The number of benzene rings is 1. The third-order valence-electron chi connectivity index (χ3n) is 4.01. The largest absolute Gasteiger partial charge is 0.469 e. The second-order valence-corrected chi connectivity index (χ2v) is 6.21. The standard InChI is InChI=1S/C19H26N2O6/c1-12(10-16(23)26-3)17(19(25)27-4)21-18(24)15(20-13(2)22)11-14-8-6-5-7-9-14/h5-9,12,15,17H,10-11H2,1-4H3,(H,20,22)(H,21,24)/t12-,15+,17+/m1/s1. The fourth-order valence-corrected chi connectivity index (χ4v) is 2.58. The summed E-state index contributed by atoms with van der Waals surface area (Å²) in [5, 5.41) is 5.17. The van der Waals surface area contributed by atoms with Gasteiger partial charge in [-0.05, 0) is 11.5 Å². The minimum Gasteiger partial charge on any atom is -0.469 e. The summed E-state index contributed by atoms with van der Waals surface area (Å²) in [6, 6.07) is 7.25. The first kappa shape index (κ1) is 22.1. The van der Waals surface area contributed by atoms with Crippen LogP contribution in [0.15, 0.2) is 30.3 Å². The predicted octanol–water partition coefficient (Wildman–Crippen LogP) is 0.591. The van der Waals surface area contributed by atoms with Gasteiger partial charge in [-0.2, -0.15) is 0 Å². The highest BCUT2D eigenvalue weighted by atomic mass is 16.5. The SMILES string of the molecule is COC(=O)C[C@@H](C)[C@H](NC(=O)[C@H](Cc1ccccc1)NC(C)=O)C(=O)OC. The molecule has 8 nitrogen and oxygen atoms in total. The van der Waals surface area contributed by atoms with Gasteiger partial charge in [0.15, 0.2) is 0 Å². The van der Waals surface area contributed by atoms with E-state index in [0.29, 0.717) is 0 Å². The van der Waals surface area contributed by atoms with Gasteiger partial charge in [-0.3, -0.25) is 14.4 Å². The Morgan fingerprint density at radius 3 is 2.15 bits per heavy atom. The number of carbonyl (C=O) groups is 4. The van der Waals surface area contributed by atoms with Crippen LogP contribution in [-0.4, -0.2) is 50.1 Å². The number of hydrogen-bond donors (Lipinski definition) is 2. The molecular formula is C19H26N2O6. The molecule has 0 bridgehead atoms. The molecule has 0 fully saturated rings. The van der Waals surface area contributed by atoms with Crippen molar-refractivity contribution in [1.82, 2.24) is 10.6 Å². The summed E-state index contributed by atoms with van der Waals surface area (Å²) >= 11 is 0. The molecule has 0 aliphatic carbocycles. The van der Waals surface area contributed by atoms with Crippen molar-refractivity contribution in [3.63, 3.8) is 0 Å². The van der Waals surface area contributed by atoms with Crippen molar-refractivity contribution in [3.8, 4) is 0 Å². The van der Waals surface area contributed by atoms with E-state index in [4.69, 9.17) is 4.74 Å². The second-order valence-electron chi connectivity index (χ2n) is 6.21. The zero-order valence-electron chi connectivity index (χ0n) is 16.0. The van der Waals surface area contributed by atoms with Gasteiger partial charge in [0.1, 0.15) is 12.1 Å². The van der Waals surface area contributed by atoms with Crippen LogP contribution in [0.5, 0.6) is 0 Å². The van der Waals surface area contributed by atoms with E-state index in [1.54, 1.807) is 6.92 Å². The number of esters is 2. The molecule has 0 aliphatic rings. The van der Waals surface area contributed by atoms with Gasteiger partial charge in [0.25, 0.3) is 0 Å². The summed E-state index contributed by atoms with van der Waals surface area (Å²) in [6.45, 7) is 2.94. The van der Waals surface area contributed by atoms with Crippen LogP contribution in [0.4, 0.5) is 0 Å². The van der Waals surface area contributed by atoms with E-state index in [2.05, 4.69) is 15.4 Å². The smallest absolute Gasteiger partial charge is 0.328 e. The van der Waals surface area contributed by atoms with Crippen molar-refractivity contribution < 1.29 is 28.7 Å². The van der Waals surface area contributed by atoms with Crippen LogP contribution in [0, 0.1) is 5.92 Å². The number of hydrogen-bond acceptors (Lipinski definition) is 6. The van der Waals surface area contributed by atoms with Gasteiger partial charge in [0, 0.05) is 13.3 Å². The van der Waals surface area contributed by atoms with Crippen LogP contribution in [0.1, 0.15) is 25.8 Å². The van der Waals surface area contributed by atoms with E-state index in [-0.39, 0.29) is 18.7 Å². The Hall–Kier alpha value is -2.90. The number of methoxy groups -OCH3 is 2. The summed E-state index contributed by atoms with van der Waals surface area (Å²) in [5.41, 5.74) is 0.851. The summed E-state index contributed by atoms with van der Waals surface area (Å²) < 4.78 is 9.34. The molecule has 27 heavy (non-hydrogen) atoms. The Balaban J connectivity index is 2.94. The van der Waals surface area contributed by atoms with Gasteiger partial charge in [-0.1, -0.05) is 37.3 Å². The van der Waals surface area contributed by atoms with Crippen molar-refractivity contribution in [2.45, 2.75) is 38.8 Å². The summed E-state index contributed by atoms with van der Waals surface area (Å²) in [5.74, 6) is -2.65. The first-order valence-corrected chi connectivity index (χ1v) is 8.54. The highest BCUT2D eigenvalue weighted by molar-refractivity contribution is 5.90. The highest BCUT2D eigenvalue weighted by Gasteiger charge is 2.32. The van der Waals surface area contributed by atoms with Crippen molar-refractivity contribution in [3.05, 3.63) is 35.9 Å². The van der Waals surface area contributed by atoms with Crippen LogP contribution < -0.4 is 10.6 Å². The third-order valence-corrected chi connectivity index (χ3v) is 4.01. The molecule has 148 valence electrons. The van der Waals surface area contributed by atoms with E-state index in [1.807, 2.05) is 30.3 Å². The topological polar surface area (TPSA) is 111 Å². The predicted molar refractivity (Wildman–Crippen MR) is 97.5 cm³/mol.